The monoisotopic (exact) mass is 349 g/mol. The number of unbranched alkanes of at least 4 members (excludes halogenated alkanes) is 2. The number of nitrogens with zero attached hydrogens (tertiary/aromatic N) is 1. The number of fused-ring (bicyclic) bond motifs is 1. The van der Waals surface area contributed by atoms with Gasteiger partial charge in [0.05, 0.1) is 0 Å². The molecule has 0 spiro atoms. The number of rotatable bonds is 10. The van der Waals surface area contributed by atoms with E-state index < -0.39 is 0 Å². The smallest absolute Gasteiger partial charge is 0.0370 e. The predicted molar refractivity (Wildman–Crippen MR) is 114 cm³/mol. The Balaban J connectivity index is 1.67. The summed E-state index contributed by atoms with van der Waals surface area (Å²) >= 11 is 0. The number of hydrogen-bond donors (Lipinski definition) is 0. The lowest BCUT2D eigenvalue weighted by Gasteiger charge is -2.32. The van der Waals surface area contributed by atoms with Gasteiger partial charge in [0.25, 0.3) is 0 Å². The van der Waals surface area contributed by atoms with Crippen LogP contribution in [-0.2, 0) is 12.8 Å². The number of hydrogen-bond acceptors (Lipinski definition) is 1. The van der Waals surface area contributed by atoms with E-state index in [1.54, 1.807) is 11.1 Å². The molecular formula is C25H35N. The van der Waals surface area contributed by atoms with E-state index in [1.807, 2.05) is 0 Å². The molecule has 2 aromatic rings. The summed E-state index contributed by atoms with van der Waals surface area (Å²) in [6.07, 6.45) is 10.5. The minimum Gasteiger partial charge on any atom is -0.368 e. The zero-order valence-electron chi connectivity index (χ0n) is 16.7. The van der Waals surface area contributed by atoms with Crippen molar-refractivity contribution in [1.29, 1.82) is 0 Å². The van der Waals surface area contributed by atoms with Crippen LogP contribution in [0.5, 0.6) is 0 Å². The molecule has 0 saturated carbocycles. The van der Waals surface area contributed by atoms with Gasteiger partial charge in [0, 0.05) is 18.3 Å². The Kier molecular flexibility index (Phi) is 7.17. The highest BCUT2D eigenvalue weighted by molar-refractivity contribution is 5.49. The van der Waals surface area contributed by atoms with Crippen molar-refractivity contribution in [3.8, 4) is 0 Å². The van der Waals surface area contributed by atoms with E-state index in [0.29, 0.717) is 6.04 Å². The van der Waals surface area contributed by atoms with Gasteiger partial charge in [0.1, 0.15) is 0 Å². The molecule has 3 rings (SSSR count). The molecule has 1 atom stereocenters. The van der Waals surface area contributed by atoms with Crippen molar-refractivity contribution in [1.82, 2.24) is 0 Å². The Morgan fingerprint density at radius 1 is 0.846 bits per heavy atom. The van der Waals surface area contributed by atoms with Crippen LogP contribution in [0.3, 0.4) is 0 Å². The average Bonchev–Trinajstić information content (AvgIpc) is 3.11. The molecule has 140 valence electrons. The fourth-order valence-electron chi connectivity index (χ4n) is 4.46. The van der Waals surface area contributed by atoms with Gasteiger partial charge in [-0.25, -0.2) is 0 Å². The van der Waals surface area contributed by atoms with Crippen LogP contribution < -0.4 is 4.90 Å². The molecule has 0 saturated heterocycles. The lowest BCUT2D eigenvalue weighted by Crippen LogP contribution is -2.37. The van der Waals surface area contributed by atoms with Gasteiger partial charge in [-0.05, 0) is 48.4 Å². The standard InChI is InChI=1S/C25H35N/c1-3-5-7-12-21(4-2)17-18-26(24-15-8-6-9-16-24)25-19-22-13-10-11-14-23(22)20-25/h6,8-11,13-16,21,25H,3-5,7,12,17-20H2,1-2H3. The molecule has 0 fully saturated rings. The maximum atomic E-state index is 2.70. The third-order valence-corrected chi connectivity index (χ3v) is 6.13. The minimum atomic E-state index is 0.614. The highest BCUT2D eigenvalue weighted by Gasteiger charge is 2.27. The quantitative estimate of drug-likeness (QED) is 0.434. The number of para-hydroxylation sites is 1. The van der Waals surface area contributed by atoms with Crippen LogP contribution in [0.1, 0.15) is 63.5 Å². The first-order valence-electron chi connectivity index (χ1n) is 10.7. The zero-order valence-corrected chi connectivity index (χ0v) is 16.7. The van der Waals surface area contributed by atoms with Crippen molar-refractivity contribution in [2.24, 2.45) is 5.92 Å². The molecule has 1 unspecified atom stereocenters. The van der Waals surface area contributed by atoms with E-state index in [9.17, 15) is 0 Å². The first kappa shape index (κ1) is 19.0. The van der Waals surface area contributed by atoms with Gasteiger partial charge in [-0.1, -0.05) is 88.4 Å². The van der Waals surface area contributed by atoms with Crippen molar-refractivity contribution in [2.45, 2.75) is 71.3 Å². The van der Waals surface area contributed by atoms with E-state index in [0.717, 1.165) is 5.92 Å². The van der Waals surface area contributed by atoms with E-state index in [1.165, 1.54) is 63.6 Å². The Labute approximate surface area is 160 Å². The molecule has 0 amide bonds. The largest absolute Gasteiger partial charge is 0.368 e. The molecule has 1 heteroatoms. The Morgan fingerprint density at radius 2 is 1.50 bits per heavy atom. The highest BCUT2D eigenvalue weighted by atomic mass is 15.2. The maximum Gasteiger partial charge on any atom is 0.0370 e. The normalized spacial score (nSPS) is 15.0. The van der Waals surface area contributed by atoms with Crippen LogP contribution in [0.25, 0.3) is 0 Å². The van der Waals surface area contributed by atoms with Crippen molar-refractivity contribution in [2.75, 3.05) is 11.4 Å². The van der Waals surface area contributed by atoms with E-state index in [2.05, 4.69) is 73.3 Å². The lowest BCUT2D eigenvalue weighted by atomic mass is 9.94. The first-order chi connectivity index (χ1) is 12.8. The van der Waals surface area contributed by atoms with Gasteiger partial charge < -0.3 is 4.90 Å². The molecule has 0 bridgehead atoms. The van der Waals surface area contributed by atoms with Crippen molar-refractivity contribution < 1.29 is 0 Å². The fraction of sp³-hybridized carbons (Fsp3) is 0.520. The van der Waals surface area contributed by atoms with E-state index in [4.69, 9.17) is 0 Å². The van der Waals surface area contributed by atoms with Crippen LogP contribution in [0, 0.1) is 5.92 Å². The van der Waals surface area contributed by atoms with Crippen molar-refractivity contribution in [3.05, 3.63) is 65.7 Å². The van der Waals surface area contributed by atoms with Gasteiger partial charge in [-0.15, -0.1) is 0 Å². The van der Waals surface area contributed by atoms with E-state index in [-0.39, 0.29) is 0 Å². The molecule has 26 heavy (non-hydrogen) atoms. The Bertz CT molecular complexity index is 623. The summed E-state index contributed by atoms with van der Waals surface area (Å²) in [7, 11) is 0. The Morgan fingerprint density at radius 3 is 2.12 bits per heavy atom. The predicted octanol–water partition coefficient (Wildman–Crippen LogP) is 6.66. The summed E-state index contributed by atoms with van der Waals surface area (Å²) in [5.41, 5.74) is 4.50. The number of anilines is 1. The molecule has 0 aromatic heterocycles. The van der Waals surface area contributed by atoms with Crippen LogP contribution in [-0.4, -0.2) is 12.6 Å². The second-order valence-corrected chi connectivity index (χ2v) is 7.92. The molecule has 0 radical (unpaired) electrons. The van der Waals surface area contributed by atoms with Gasteiger partial charge in [0.15, 0.2) is 0 Å². The minimum absolute atomic E-state index is 0.614. The third-order valence-electron chi connectivity index (χ3n) is 6.13. The molecule has 0 heterocycles. The second-order valence-electron chi connectivity index (χ2n) is 7.92. The summed E-state index contributed by atoms with van der Waals surface area (Å²) in [5, 5.41) is 0. The Hall–Kier alpha value is -1.76. The summed E-state index contributed by atoms with van der Waals surface area (Å²) in [6, 6.07) is 20.7. The van der Waals surface area contributed by atoms with Crippen LogP contribution in [0.15, 0.2) is 54.6 Å². The third kappa shape index (κ3) is 4.90. The van der Waals surface area contributed by atoms with Crippen molar-refractivity contribution >= 4 is 5.69 Å². The molecule has 0 aliphatic heterocycles. The summed E-state index contributed by atoms with van der Waals surface area (Å²) < 4.78 is 0. The molecule has 1 nitrogen and oxygen atoms in total. The molecule has 1 aliphatic carbocycles. The SMILES string of the molecule is CCCCCC(CC)CCN(c1ccccc1)C1Cc2ccccc2C1. The molecule has 2 aromatic carbocycles. The summed E-state index contributed by atoms with van der Waals surface area (Å²) in [5.74, 6) is 0.872. The van der Waals surface area contributed by atoms with Gasteiger partial charge in [-0.3, -0.25) is 0 Å². The zero-order chi connectivity index (χ0) is 18.2. The maximum absolute atomic E-state index is 2.70. The van der Waals surface area contributed by atoms with Crippen LogP contribution in [0.4, 0.5) is 5.69 Å². The summed E-state index contributed by atoms with van der Waals surface area (Å²) in [6.45, 7) is 5.86. The highest BCUT2D eigenvalue weighted by Crippen LogP contribution is 2.30. The number of benzene rings is 2. The molecule has 0 N–H and O–H groups in total. The van der Waals surface area contributed by atoms with Crippen LogP contribution in [0.2, 0.25) is 0 Å². The van der Waals surface area contributed by atoms with Crippen molar-refractivity contribution in [3.63, 3.8) is 0 Å². The molecular weight excluding hydrogens is 314 g/mol. The molecule has 1 aliphatic rings. The lowest BCUT2D eigenvalue weighted by molar-refractivity contribution is 0.409. The van der Waals surface area contributed by atoms with Gasteiger partial charge >= 0.3 is 0 Å². The average molecular weight is 350 g/mol. The van der Waals surface area contributed by atoms with Crippen LogP contribution >= 0.6 is 0 Å². The van der Waals surface area contributed by atoms with E-state index >= 15 is 0 Å². The van der Waals surface area contributed by atoms with Gasteiger partial charge in [0.2, 0.25) is 0 Å². The fourth-order valence-corrected chi connectivity index (χ4v) is 4.46. The first-order valence-corrected chi connectivity index (χ1v) is 10.7. The topological polar surface area (TPSA) is 3.24 Å². The second kappa shape index (κ2) is 9.80. The summed E-state index contributed by atoms with van der Waals surface area (Å²) in [4.78, 5) is 2.70. The van der Waals surface area contributed by atoms with Gasteiger partial charge in [-0.2, -0.15) is 0 Å².